The Balaban J connectivity index is 3.09. The van der Waals surface area contributed by atoms with Crippen molar-refractivity contribution in [3.63, 3.8) is 0 Å². The number of halogens is 5. The largest absolute Gasteiger partial charge is 0.391 e. The van der Waals surface area contributed by atoms with Gasteiger partial charge >= 0.3 is 6.18 Å². The number of hydrogen-bond acceptors (Lipinski definition) is 1. The molecule has 18 heavy (non-hydrogen) atoms. The molecule has 1 aromatic carbocycles. The monoisotopic (exact) mass is 299 g/mol. The highest BCUT2D eigenvalue weighted by Crippen LogP contribution is 2.35. The van der Waals surface area contributed by atoms with Gasteiger partial charge in [0, 0.05) is 6.92 Å². The SMILES string of the molecule is CC(=O)NC(CC(F)(F)F)c1cccc(Cl)c1Cl. The van der Waals surface area contributed by atoms with Gasteiger partial charge < -0.3 is 5.32 Å². The van der Waals surface area contributed by atoms with Crippen molar-refractivity contribution in [1.82, 2.24) is 5.32 Å². The van der Waals surface area contributed by atoms with Crippen molar-refractivity contribution in [2.45, 2.75) is 25.6 Å². The molecular formula is C11H10Cl2F3NO. The summed E-state index contributed by atoms with van der Waals surface area (Å²) in [4.78, 5) is 11.0. The summed E-state index contributed by atoms with van der Waals surface area (Å²) in [7, 11) is 0. The summed E-state index contributed by atoms with van der Waals surface area (Å²) >= 11 is 11.6. The van der Waals surface area contributed by atoms with Crippen molar-refractivity contribution in [2.24, 2.45) is 0 Å². The second-order valence-corrected chi connectivity index (χ2v) is 4.50. The van der Waals surface area contributed by atoms with E-state index in [1.54, 1.807) is 0 Å². The van der Waals surface area contributed by atoms with Gasteiger partial charge in [0.1, 0.15) is 0 Å². The van der Waals surface area contributed by atoms with E-state index in [0.29, 0.717) is 0 Å². The molecule has 7 heteroatoms. The van der Waals surface area contributed by atoms with Gasteiger partial charge in [-0.05, 0) is 11.6 Å². The summed E-state index contributed by atoms with van der Waals surface area (Å²) in [5.74, 6) is -0.569. The minimum absolute atomic E-state index is 0.0159. The Bertz CT molecular complexity index is 448. The van der Waals surface area contributed by atoms with E-state index >= 15 is 0 Å². The third-order valence-electron chi connectivity index (χ3n) is 2.17. The smallest absolute Gasteiger partial charge is 0.349 e. The van der Waals surface area contributed by atoms with Gasteiger partial charge in [0.05, 0.1) is 22.5 Å². The first-order valence-corrected chi connectivity index (χ1v) is 5.74. The lowest BCUT2D eigenvalue weighted by molar-refractivity contribution is -0.142. The van der Waals surface area contributed by atoms with E-state index in [1.807, 2.05) is 0 Å². The van der Waals surface area contributed by atoms with Gasteiger partial charge in [0.2, 0.25) is 5.91 Å². The second-order valence-electron chi connectivity index (χ2n) is 3.72. The van der Waals surface area contributed by atoms with Crippen LogP contribution in [0.1, 0.15) is 24.9 Å². The van der Waals surface area contributed by atoms with E-state index in [0.717, 1.165) is 6.92 Å². The van der Waals surface area contributed by atoms with Crippen LogP contribution in [0.4, 0.5) is 13.2 Å². The van der Waals surface area contributed by atoms with Crippen molar-refractivity contribution >= 4 is 29.1 Å². The summed E-state index contributed by atoms with van der Waals surface area (Å²) in [5, 5.41) is 2.38. The number of nitrogens with one attached hydrogen (secondary N) is 1. The lowest BCUT2D eigenvalue weighted by atomic mass is 10.0. The predicted octanol–water partition coefficient (Wildman–Crippen LogP) is 4.12. The maximum Gasteiger partial charge on any atom is 0.391 e. The fraction of sp³-hybridized carbons (Fsp3) is 0.364. The van der Waals surface area contributed by atoms with Crippen molar-refractivity contribution in [3.05, 3.63) is 33.8 Å². The van der Waals surface area contributed by atoms with E-state index in [-0.39, 0.29) is 15.6 Å². The maximum atomic E-state index is 12.4. The molecule has 0 aromatic heterocycles. The first-order valence-electron chi connectivity index (χ1n) is 4.98. The molecule has 1 amide bonds. The van der Waals surface area contributed by atoms with Crippen LogP contribution in [0.3, 0.4) is 0 Å². The highest BCUT2D eigenvalue weighted by atomic mass is 35.5. The summed E-state index contributed by atoms with van der Waals surface area (Å²) in [6, 6.07) is 3.11. The van der Waals surface area contributed by atoms with Crippen LogP contribution >= 0.6 is 23.2 Å². The number of carbonyl (C=O) groups excluding carboxylic acids is 1. The van der Waals surface area contributed by atoms with Gasteiger partial charge in [0.15, 0.2) is 0 Å². The maximum absolute atomic E-state index is 12.4. The quantitative estimate of drug-likeness (QED) is 0.893. The molecule has 1 N–H and O–H groups in total. The van der Waals surface area contributed by atoms with E-state index in [2.05, 4.69) is 5.32 Å². The van der Waals surface area contributed by atoms with Crippen LogP contribution in [0.25, 0.3) is 0 Å². The van der Waals surface area contributed by atoms with Gasteiger partial charge in [-0.1, -0.05) is 35.3 Å². The number of rotatable bonds is 3. The average molecular weight is 300 g/mol. The molecule has 1 atom stereocenters. The lowest BCUT2D eigenvalue weighted by Crippen LogP contribution is -2.30. The minimum atomic E-state index is -4.42. The zero-order valence-corrected chi connectivity index (χ0v) is 10.8. The van der Waals surface area contributed by atoms with Crippen molar-refractivity contribution in [1.29, 1.82) is 0 Å². The van der Waals surface area contributed by atoms with Crippen LogP contribution in [0.15, 0.2) is 18.2 Å². The molecule has 0 aliphatic heterocycles. The molecule has 1 aromatic rings. The lowest BCUT2D eigenvalue weighted by Gasteiger charge is -2.21. The zero-order valence-electron chi connectivity index (χ0n) is 9.31. The Kier molecular flexibility index (Phi) is 4.87. The topological polar surface area (TPSA) is 29.1 Å². The molecule has 0 aliphatic rings. The van der Waals surface area contributed by atoms with Gasteiger partial charge in [-0.3, -0.25) is 4.79 Å². The molecule has 2 nitrogen and oxygen atoms in total. The van der Waals surface area contributed by atoms with Crippen LogP contribution in [-0.4, -0.2) is 12.1 Å². The molecule has 0 aliphatic carbocycles. The molecular weight excluding hydrogens is 290 g/mol. The van der Waals surface area contributed by atoms with E-state index in [4.69, 9.17) is 23.2 Å². The molecule has 1 unspecified atom stereocenters. The second kappa shape index (κ2) is 5.80. The van der Waals surface area contributed by atoms with Gasteiger partial charge in [-0.2, -0.15) is 13.2 Å². The third-order valence-corrected chi connectivity index (χ3v) is 3.00. The minimum Gasteiger partial charge on any atom is -0.349 e. The molecule has 0 saturated carbocycles. The summed E-state index contributed by atoms with van der Waals surface area (Å²) in [6.07, 6.45) is -5.62. The van der Waals surface area contributed by atoms with E-state index in [1.165, 1.54) is 18.2 Å². The summed E-state index contributed by atoms with van der Waals surface area (Å²) in [5.41, 5.74) is 0.150. The summed E-state index contributed by atoms with van der Waals surface area (Å²) in [6.45, 7) is 1.14. The van der Waals surface area contributed by atoms with Crippen molar-refractivity contribution in [3.8, 4) is 0 Å². The Hall–Kier alpha value is -0.940. The number of carbonyl (C=O) groups is 1. The van der Waals surface area contributed by atoms with Crippen LogP contribution in [0.2, 0.25) is 10.0 Å². The number of benzene rings is 1. The summed E-state index contributed by atoms with van der Waals surface area (Å²) < 4.78 is 37.3. The number of amides is 1. The molecule has 100 valence electrons. The number of hydrogen-bond donors (Lipinski definition) is 1. The predicted molar refractivity (Wildman–Crippen MR) is 63.7 cm³/mol. The Morgan fingerprint density at radius 1 is 1.39 bits per heavy atom. The Morgan fingerprint density at radius 2 is 2.00 bits per heavy atom. The van der Waals surface area contributed by atoms with Gasteiger partial charge in [-0.15, -0.1) is 0 Å². The van der Waals surface area contributed by atoms with Crippen LogP contribution < -0.4 is 5.32 Å². The first-order chi connectivity index (χ1) is 8.20. The van der Waals surface area contributed by atoms with Crippen LogP contribution in [0.5, 0.6) is 0 Å². The highest BCUT2D eigenvalue weighted by Gasteiger charge is 2.34. The fourth-order valence-electron chi connectivity index (χ4n) is 1.51. The molecule has 0 spiro atoms. The normalized spacial score (nSPS) is 13.2. The average Bonchev–Trinajstić information content (AvgIpc) is 2.18. The molecule has 0 saturated heterocycles. The van der Waals surface area contributed by atoms with Crippen LogP contribution in [0, 0.1) is 0 Å². The Labute approximate surface area is 112 Å². The molecule has 0 fully saturated rings. The third kappa shape index (κ3) is 4.38. The molecule has 0 heterocycles. The van der Waals surface area contributed by atoms with Crippen molar-refractivity contribution in [2.75, 3.05) is 0 Å². The standard InChI is InChI=1S/C11H10Cl2F3NO/c1-6(18)17-9(5-11(14,15)16)7-3-2-4-8(12)10(7)13/h2-4,9H,5H2,1H3,(H,17,18). The molecule has 0 bridgehead atoms. The fourth-order valence-corrected chi connectivity index (χ4v) is 1.94. The van der Waals surface area contributed by atoms with Gasteiger partial charge in [-0.25, -0.2) is 0 Å². The van der Waals surface area contributed by atoms with Crippen LogP contribution in [-0.2, 0) is 4.79 Å². The van der Waals surface area contributed by atoms with E-state index < -0.39 is 24.5 Å². The van der Waals surface area contributed by atoms with E-state index in [9.17, 15) is 18.0 Å². The molecule has 1 rings (SSSR count). The van der Waals surface area contributed by atoms with Crippen molar-refractivity contribution < 1.29 is 18.0 Å². The Morgan fingerprint density at radius 3 is 2.50 bits per heavy atom. The van der Waals surface area contributed by atoms with Gasteiger partial charge in [0.25, 0.3) is 0 Å². The highest BCUT2D eigenvalue weighted by molar-refractivity contribution is 6.42. The number of alkyl halides is 3. The molecule has 0 radical (unpaired) electrons. The zero-order chi connectivity index (χ0) is 13.9. The first kappa shape index (κ1) is 15.1.